The Morgan fingerprint density at radius 2 is 1.94 bits per heavy atom. The van der Waals surface area contributed by atoms with Gasteiger partial charge in [0, 0.05) is 0 Å². The first kappa shape index (κ1) is 15.7. The maximum Gasteiger partial charge on any atom is 0.0962 e. The summed E-state index contributed by atoms with van der Waals surface area (Å²) in [6.07, 6.45) is 12.3. The van der Waals surface area contributed by atoms with Gasteiger partial charge in [0.1, 0.15) is 0 Å². The maximum absolute atomic E-state index is 13.5. The Hall–Kier alpha value is -0.400. The first-order valence-electron chi connectivity index (χ1n) is 7.68. The van der Waals surface area contributed by atoms with Gasteiger partial charge >= 0.3 is 0 Å². The van der Waals surface area contributed by atoms with Crippen molar-refractivity contribution in [3.05, 3.63) is 11.9 Å². The highest BCUT2D eigenvalue weighted by atomic mass is 19.1. The summed E-state index contributed by atoms with van der Waals surface area (Å²) < 4.78 is 26.0. The van der Waals surface area contributed by atoms with Crippen molar-refractivity contribution in [2.24, 2.45) is 11.8 Å². The number of alkyl halides is 1. The molecule has 0 saturated heterocycles. The number of rotatable bonds is 8. The van der Waals surface area contributed by atoms with E-state index in [9.17, 15) is 8.78 Å². The van der Waals surface area contributed by atoms with E-state index in [-0.39, 0.29) is 18.4 Å². The van der Waals surface area contributed by atoms with E-state index in [1.165, 1.54) is 32.1 Å². The number of halogens is 2. The van der Waals surface area contributed by atoms with Gasteiger partial charge in [0.25, 0.3) is 0 Å². The molecule has 18 heavy (non-hydrogen) atoms. The van der Waals surface area contributed by atoms with Crippen LogP contribution in [-0.2, 0) is 0 Å². The smallest absolute Gasteiger partial charge is 0.0962 e. The van der Waals surface area contributed by atoms with Crippen LogP contribution in [0.15, 0.2) is 11.9 Å². The SMILES string of the molecule is CCC/C(F)=C\[C@@H](CCF)CCC1CCCCC1. The van der Waals surface area contributed by atoms with Crippen LogP contribution in [0.2, 0.25) is 0 Å². The molecule has 0 aromatic carbocycles. The average molecular weight is 258 g/mol. The monoisotopic (exact) mass is 258 g/mol. The highest BCUT2D eigenvalue weighted by Crippen LogP contribution is 2.30. The normalized spacial score (nSPS) is 20.1. The Morgan fingerprint density at radius 1 is 1.22 bits per heavy atom. The van der Waals surface area contributed by atoms with Crippen LogP contribution in [-0.4, -0.2) is 6.67 Å². The summed E-state index contributed by atoms with van der Waals surface area (Å²) in [6.45, 7) is 1.64. The lowest BCUT2D eigenvalue weighted by Crippen LogP contribution is -2.09. The summed E-state index contributed by atoms with van der Waals surface area (Å²) >= 11 is 0. The van der Waals surface area contributed by atoms with Gasteiger partial charge in [-0.1, -0.05) is 39.0 Å². The lowest BCUT2D eigenvalue weighted by atomic mass is 9.83. The third kappa shape index (κ3) is 6.51. The van der Waals surface area contributed by atoms with Gasteiger partial charge in [-0.3, -0.25) is 4.39 Å². The molecule has 0 heterocycles. The minimum absolute atomic E-state index is 0.0420. The summed E-state index contributed by atoms with van der Waals surface area (Å²) in [7, 11) is 0. The fraction of sp³-hybridized carbons (Fsp3) is 0.875. The van der Waals surface area contributed by atoms with Gasteiger partial charge in [0.2, 0.25) is 0 Å². The molecule has 1 rings (SSSR count). The Balaban J connectivity index is 2.34. The van der Waals surface area contributed by atoms with Crippen LogP contribution in [0.5, 0.6) is 0 Å². The number of allylic oxidation sites excluding steroid dienone is 2. The molecule has 0 radical (unpaired) electrons. The summed E-state index contributed by atoms with van der Waals surface area (Å²) in [5, 5.41) is 0. The van der Waals surface area contributed by atoms with E-state index in [2.05, 4.69) is 0 Å². The molecule has 1 saturated carbocycles. The van der Waals surface area contributed by atoms with Crippen LogP contribution >= 0.6 is 0 Å². The predicted octanol–water partition coefficient (Wildman–Crippen LogP) is 5.98. The zero-order valence-electron chi connectivity index (χ0n) is 11.8. The zero-order chi connectivity index (χ0) is 13.2. The van der Waals surface area contributed by atoms with Crippen molar-refractivity contribution in [1.29, 1.82) is 0 Å². The highest BCUT2D eigenvalue weighted by Gasteiger charge is 2.15. The summed E-state index contributed by atoms with van der Waals surface area (Å²) in [5.74, 6) is 0.881. The molecule has 0 spiro atoms. The molecule has 1 atom stereocenters. The van der Waals surface area contributed by atoms with Crippen LogP contribution in [0.1, 0.15) is 71.1 Å². The molecular weight excluding hydrogens is 230 g/mol. The molecule has 0 nitrogen and oxygen atoms in total. The first-order valence-corrected chi connectivity index (χ1v) is 7.68. The second-order valence-corrected chi connectivity index (χ2v) is 5.68. The second kappa shape index (κ2) is 9.52. The molecule has 1 fully saturated rings. The fourth-order valence-corrected chi connectivity index (χ4v) is 2.95. The molecule has 1 aliphatic rings. The molecule has 0 aromatic rings. The third-order valence-electron chi connectivity index (χ3n) is 4.06. The number of hydrogen-bond donors (Lipinski definition) is 0. The number of hydrogen-bond acceptors (Lipinski definition) is 0. The van der Waals surface area contributed by atoms with Crippen LogP contribution in [0.25, 0.3) is 0 Å². The van der Waals surface area contributed by atoms with Crippen molar-refractivity contribution < 1.29 is 8.78 Å². The van der Waals surface area contributed by atoms with Crippen LogP contribution in [0.3, 0.4) is 0 Å². The quantitative estimate of drug-likeness (QED) is 0.502. The topological polar surface area (TPSA) is 0 Å². The fourth-order valence-electron chi connectivity index (χ4n) is 2.95. The molecular formula is C16H28F2. The van der Waals surface area contributed by atoms with Crippen molar-refractivity contribution >= 4 is 0 Å². The molecule has 0 N–H and O–H groups in total. The van der Waals surface area contributed by atoms with Gasteiger partial charge in [0.05, 0.1) is 12.5 Å². The maximum atomic E-state index is 13.5. The van der Waals surface area contributed by atoms with E-state index in [1.54, 1.807) is 6.08 Å². The van der Waals surface area contributed by atoms with Crippen molar-refractivity contribution in [3.63, 3.8) is 0 Å². The molecule has 0 bridgehead atoms. The molecule has 106 valence electrons. The highest BCUT2D eigenvalue weighted by molar-refractivity contribution is 4.96. The largest absolute Gasteiger partial charge is 0.251 e. The Labute approximate surface area is 111 Å². The standard InChI is InChI=1S/C16H28F2/c1-2-6-16(18)13-15(11-12-17)10-9-14-7-4-3-5-8-14/h13-15H,2-12H2,1H3/b16-13+/t15-/m1/s1. The van der Waals surface area contributed by atoms with E-state index in [4.69, 9.17) is 0 Å². The van der Waals surface area contributed by atoms with Gasteiger partial charge in [-0.15, -0.1) is 0 Å². The zero-order valence-corrected chi connectivity index (χ0v) is 11.8. The Morgan fingerprint density at radius 3 is 2.56 bits per heavy atom. The van der Waals surface area contributed by atoms with E-state index in [0.29, 0.717) is 12.8 Å². The summed E-state index contributed by atoms with van der Waals surface area (Å²) in [4.78, 5) is 0. The first-order chi connectivity index (χ1) is 8.76. The van der Waals surface area contributed by atoms with Crippen molar-refractivity contribution in [2.45, 2.75) is 71.1 Å². The molecule has 0 aliphatic heterocycles. The van der Waals surface area contributed by atoms with E-state index in [0.717, 1.165) is 25.2 Å². The van der Waals surface area contributed by atoms with Crippen LogP contribution in [0, 0.1) is 11.8 Å². The van der Waals surface area contributed by atoms with E-state index in [1.807, 2.05) is 6.92 Å². The predicted molar refractivity (Wildman–Crippen MR) is 74.0 cm³/mol. The lowest BCUT2D eigenvalue weighted by Gasteiger charge is -2.23. The van der Waals surface area contributed by atoms with Crippen LogP contribution in [0.4, 0.5) is 8.78 Å². The Kier molecular flexibility index (Phi) is 8.28. The van der Waals surface area contributed by atoms with Gasteiger partial charge in [-0.25, -0.2) is 4.39 Å². The minimum atomic E-state index is -0.328. The van der Waals surface area contributed by atoms with E-state index >= 15 is 0 Å². The molecule has 0 aromatic heterocycles. The van der Waals surface area contributed by atoms with Crippen molar-refractivity contribution in [2.75, 3.05) is 6.67 Å². The van der Waals surface area contributed by atoms with Crippen molar-refractivity contribution in [3.8, 4) is 0 Å². The average Bonchev–Trinajstić information content (AvgIpc) is 2.38. The molecule has 0 unspecified atom stereocenters. The summed E-state index contributed by atoms with van der Waals surface area (Å²) in [5.41, 5.74) is 0. The molecule has 1 aliphatic carbocycles. The van der Waals surface area contributed by atoms with E-state index < -0.39 is 0 Å². The lowest BCUT2D eigenvalue weighted by molar-refractivity contribution is 0.307. The third-order valence-corrected chi connectivity index (χ3v) is 4.06. The minimum Gasteiger partial charge on any atom is -0.251 e. The van der Waals surface area contributed by atoms with Crippen molar-refractivity contribution in [1.82, 2.24) is 0 Å². The van der Waals surface area contributed by atoms with Gasteiger partial charge in [0.15, 0.2) is 0 Å². The van der Waals surface area contributed by atoms with Crippen LogP contribution < -0.4 is 0 Å². The molecule has 0 amide bonds. The molecule has 2 heteroatoms. The summed E-state index contributed by atoms with van der Waals surface area (Å²) in [6, 6.07) is 0. The second-order valence-electron chi connectivity index (χ2n) is 5.68. The Bertz CT molecular complexity index is 229. The van der Waals surface area contributed by atoms with Gasteiger partial charge < -0.3 is 0 Å². The van der Waals surface area contributed by atoms with Gasteiger partial charge in [-0.05, 0) is 50.0 Å². The van der Waals surface area contributed by atoms with Gasteiger partial charge in [-0.2, -0.15) is 0 Å².